The van der Waals surface area contributed by atoms with Crippen molar-refractivity contribution >= 4 is 53.1 Å². The third kappa shape index (κ3) is 19.4. The number of anilines is 1. The minimum absolute atomic E-state index is 0.0181. The quantitative estimate of drug-likeness (QED) is 0.0560. The predicted molar refractivity (Wildman–Crippen MR) is 194 cm³/mol. The lowest BCUT2D eigenvalue weighted by atomic mass is 10.0. The predicted octanol–water partition coefficient (Wildman–Crippen LogP) is 1.77. The maximum atomic E-state index is 13.6. The van der Waals surface area contributed by atoms with E-state index < -0.39 is 66.1 Å². The summed E-state index contributed by atoms with van der Waals surface area (Å²) in [5.41, 5.74) is 6.22. The summed E-state index contributed by atoms with van der Waals surface area (Å²) in [6.07, 6.45) is -0.348. The van der Waals surface area contributed by atoms with Gasteiger partial charge in [0.25, 0.3) is 0 Å². The molecule has 1 aromatic rings. The molecule has 296 valence electrons. The lowest BCUT2D eigenvalue weighted by Crippen LogP contribution is -2.58. The first kappa shape index (κ1) is 46.0. The first-order valence-electron chi connectivity index (χ1n) is 17.7. The number of esters is 1. The van der Waals surface area contributed by atoms with Crippen molar-refractivity contribution in [1.29, 1.82) is 0 Å². The number of carbonyl (C=O) groups is 8. The molecule has 3 atom stereocenters. The van der Waals surface area contributed by atoms with Gasteiger partial charge < -0.3 is 46.9 Å². The number of ether oxygens (including phenoxy) is 2. The smallest absolute Gasteiger partial charge is 0.312 e. The van der Waals surface area contributed by atoms with Gasteiger partial charge in [-0.3, -0.25) is 33.6 Å². The van der Waals surface area contributed by atoms with Crippen LogP contribution in [0.15, 0.2) is 24.3 Å². The fourth-order valence-corrected chi connectivity index (χ4v) is 4.60. The van der Waals surface area contributed by atoms with Crippen molar-refractivity contribution in [3.05, 3.63) is 29.8 Å². The van der Waals surface area contributed by atoms with Crippen molar-refractivity contribution in [2.45, 2.75) is 105 Å². The topological polar surface area (TPSA) is 261 Å². The summed E-state index contributed by atoms with van der Waals surface area (Å²) in [6, 6.07) is 2.17. The summed E-state index contributed by atoms with van der Waals surface area (Å²) >= 11 is 0. The second kappa shape index (κ2) is 24.2. The number of carboxylic acids is 1. The summed E-state index contributed by atoms with van der Waals surface area (Å²) < 4.78 is 10.6. The molecule has 0 saturated heterocycles. The van der Waals surface area contributed by atoms with Crippen molar-refractivity contribution in [3.63, 3.8) is 0 Å². The van der Waals surface area contributed by atoms with Gasteiger partial charge in [-0.25, -0.2) is 4.79 Å². The van der Waals surface area contributed by atoms with Gasteiger partial charge in [0.15, 0.2) is 0 Å². The number of hydrogen-bond acceptors (Lipinski definition) is 10. The van der Waals surface area contributed by atoms with Gasteiger partial charge in [0, 0.05) is 37.4 Å². The number of Topliss-reactive ketones (excluding diaryl/α,β-unsaturated/α-hetero) is 1. The van der Waals surface area contributed by atoms with Crippen LogP contribution in [-0.2, 0) is 49.6 Å². The molecule has 0 heterocycles. The van der Waals surface area contributed by atoms with Gasteiger partial charge in [0.2, 0.25) is 23.6 Å². The van der Waals surface area contributed by atoms with E-state index in [1.165, 1.54) is 0 Å². The van der Waals surface area contributed by atoms with E-state index in [4.69, 9.17) is 15.2 Å². The molecule has 17 nitrogen and oxygen atoms in total. The molecule has 53 heavy (non-hydrogen) atoms. The van der Waals surface area contributed by atoms with Crippen LogP contribution in [0.4, 0.5) is 10.5 Å². The number of carbonyl (C=O) groups excluding carboxylic acids is 7. The summed E-state index contributed by atoms with van der Waals surface area (Å²) in [5.74, 6) is -5.16. The van der Waals surface area contributed by atoms with Crippen LogP contribution in [0.5, 0.6) is 0 Å². The van der Waals surface area contributed by atoms with Gasteiger partial charge in [0.1, 0.15) is 30.5 Å². The molecule has 0 saturated carbocycles. The maximum Gasteiger partial charge on any atom is 0.312 e. The monoisotopic (exact) mass is 748 g/mol. The SMILES string of the molecule is CC(C)C(=O)CCOCCC(=O)N[C@H](CCC(=O)O)C(=O)N[C@H](C(=O)N[C@@H](CCCNC(N)=O)C(=O)Nc1ccc(COC(=O)C(C)C)cc1)C(C)C. The molecule has 0 aliphatic rings. The Bertz CT molecular complexity index is 1400. The van der Waals surface area contributed by atoms with Crippen LogP contribution in [0.1, 0.15) is 85.6 Å². The van der Waals surface area contributed by atoms with Crippen molar-refractivity contribution in [2.75, 3.05) is 25.1 Å². The van der Waals surface area contributed by atoms with Crippen molar-refractivity contribution in [3.8, 4) is 0 Å². The summed E-state index contributed by atoms with van der Waals surface area (Å²) in [6.45, 7) is 10.6. The van der Waals surface area contributed by atoms with Crippen molar-refractivity contribution < 1.29 is 52.9 Å². The van der Waals surface area contributed by atoms with E-state index in [1.54, 1.807) is 65.8 Å². The van der Waals surface area contributed by atoms with Crippen LogP contribution in [0.3, 0.4) is 0 Å². The Kier molecular flexibility index (Phi) is 21.0. The van der Waals surface area contributed by atoms with Crippen LogP contribution in [0.25, 0.3) is 0 Å². The third-order valence-corrected chi connectivity index (χ3v) is 7.83. The normalized spacial score (nSPS) is 12.7. The van der Waals surface area contributed by atoms with Crippen molar-refractivity contribution in [2.24, 2.45) is 23.5 Å². The Balaban J connectivity index is 3.01. The van der Waals surface area contributed by atoms with Crippen LogP contribution in [0, 0.1) is 17.8 Å². The maximum absolute atomic E-state index is 13.6. The Morgan fingerprint density at radius 3 is 1.92 bits per heavy atom. The number of carboxylic acid groups (broad SMARTS) is 1. The van der Waals surface area contributed by atoms with Gasteiger partial charge in [-0.2, -0.15) is 0 Å². The van der Waals surface area contributed by atoms with Crippen LogP contribution in [0.2, 0.25) is 0 Å². The van der Waals surface area contributed by atoms with Crippen molar-refractivity contribution in [1.82, 2.24) is 21.3 Å². The molecule has 6 amide bonds. The highest BCUT2D eigenvalue weighted by molar-refractivity contribution is 5.99. The van der Waals surface area contributed by atoms with E-state index >= 15 is 0 Å². The Hall–Kier alpha value is -5.06. The molecule has 17 heteroatoms. The Morgan fingerprint density at radius 1 is 0.736 bits per heavy atom. The molecular weight excluding hydrogens is 692 g/mol. The van der Waals surface area contributed by atoms with E-state index in [0.717, 1.165) is 0 Å². The van der Waals surface area contributed by atoms with Gasteiger partial charge in [-0.15, -0.1) is 0 Å². The molecular formula is C36H56N6O11. The number of rotatable bonds is 25. The van der Waals surface area contributed by atoms with Gasteiger partial charge >= 0.3 is 18.0 Å². The average molecular weight is 749 g/mol. The van der Waals surface area contributed by atoms with Crippen LogP contribution in [-0.4, -0.2) is 90.4 Å². The van der Waals surface area contributed by atoms with E-state index in [2.05, 4.69) is 26.6 Å². The van der Waals surface area contributed by atoms with Gasteiger partial charge in [-0.05, 0) is 42.9 Å². The molecule has 0 aromatic heterocycles. The minimum Gasteiger partial charge on any atom is -0.481 e. The van der Waals surface area contributed by atoms with Gasteiger partial charge in [0.05, 0.1) is 19.1 Å². The first-order chi connectivity index (χ1) is 24.9. The Labute approximate surface area is 310 Å². The highest BCUT2D eigenvalue weighted by Crippen LogP contribution is 2.14. The molecule has 0 radical (unpaired) electrons. The summed E-state index contributed by atoms with van der Waals surface area (Å²) in [7, 11) is 0. The number of benzene rings is 1. The fraction of sp³-hybridized carbons (Fsp3) is 0.611. The first-order valence-corrected chi connectivity index (χ1v) is 17.7. The molecule has 0 aliphatic heterocycles. The number of aliphatic carboxylic acids is 1. The molecule has 1 aromatic carbocycles. The van der Waals surface area contributed by atoms with E-state index in [-0.39, 0.29) is 82.1 Å². The average Bonchev–Trinajstić information content (AvgIpc) is 3.08. The molecule has 1 rings (SSSR count). The van der Waals surface area contributed by atoms with Gasteiger partial charge in [-0.1, -0.05) is 53.7 Å². The largest absolute Gasteiger partial charge is 0.481 e. The summed E-state index contributed by atoms with van der Waals surface area (Å²) in [4.78, 5) is 99.0. The number of ketones is 1. The molecule has 0 spiro atoms. The molecule has 0 unspecified atom stereocenters. The van der Waals surface area contributed by atoms with E-state index in [1.807, 2.05) is 0 Å². The second-order valence-electron chi connectivity index (χ2n) is 13.5. The minimum atomic E-state index is -1.30. The standard InChI is InChI=1S/C36H56N6O11/c1-21(2)28(43)15-18-52-19-16-29(44)40-27(13-14-30(45)46)33(48)42-31(22(3)4)34(49)41-26(8-7-17-38-36(37)51)32(47)39-25-11-9-24(10-12-25)20-53-35(50)23(5)6/h9-12,21-23,26-27,31H,7-8,13-20H2,1-6H3,(H,39,47)(H,40,44)(H,41,49)(H,42,48)(H,45,46)(H3,37,38,51)/t26-,27+,31-/m0/s1. The lowest BCUT2D eigenvalue weighted by molar-refractivity contribution is -0.148. The second-order valence-corrected chi connectivity index (χ2v) is 13.5. The highest BCUT2D eigenvalue weighted by atomic mass is 16.5. The van der Waals surface area contributed by atoms with E-state index in [0.29, 0.717) is 11.3 Å². The highest BCUT2D eigenvalue weighted by Gasteiger charge is 2.31. The zero-order chi connectivity index (χ0) is 40.1. The number of nitrogens with one attached hydrogen (secondary N) is 5. The number of hydrogen-bond donors (Lipinski definition) is 7. The zero-order valence-corrected chi connectivity index (χ0v) is 31.5. The zero-order valence-electron chi connectivity index (χ0n) is 31.5. The number of nitrogens with two attached hydrogens (primary N) is 1. The third-order valence-electron chi connectivity index (χ3n) is 7.83. The number of primary amides is 1. The lowest BCUT2D eigenvalue weighted by Gasteiger charge is -2.27. The molecule has 8 N–H and O–H groups in total. The number of urea groups is 1. The fourth-order valence-electron chi connectivity index (χ4n) is 4.60. The Morgan fingerprint density at radius 2 is 1.36 bits per heavy atom. The van der Waals surface area contributed by atoms with Crippen LogP contribution >= 0.6 is 0 Å². The molecule has 0 bridgehead atoms. The molecule has 0 aliphatic carbocycles. The number of amides is 6. The molecule has 0 fully saturated rings. The van der Waals surface area contributed by atoms with Crippen LogP contribution < -0.4 is 32.3 Å². The summed E-state index contributed by atoms with van der Waals surface area (Å²) in [5, 5.41) is 22.1. The van der Waals surface area contributed by atoms with E-state index in [9.17, 15) is 43.5 Å².